The topological polar surface area (TPSA) is 58.4 Å². The molecule has 1 aromatic rings. The van der Waals surface area contributed by atoms with Gasteiger partial charge in [-0.1, -0.05) is 12.1 Å². The summed E-state index contributed by atoms with van der Waals surface area (Å²) in [5.41, 5.74) is 0.901. The Morgan fingerprint density at radius 2 is 2.00 bits per heavy atom. The van der Waals surface area contributed by atoms with Crippen molar-refractivity contribution in [1.29, 1.82) is 0 Å². The molecule has 2 rings (SSSR count). The van der Waals surface area contributed by atoms with Crippen LogP contribution < -0.4 is 10.2 Å². The van der Waals surface area contributed by atoms with Gasteiger partial charge in [-0.15, -0.1) is 0 Å². The Morgan fingerprint density at radius 1 is 1.35 bits per heavy atom. The third-order valence-electron chi connectivity index (χ3n) is 3.31. The summed E-state index contributed by atoms with van der Waals surface area (Å²) < 4.78 is 0. The molecule has 0 atom stereocenters. The van der Waals surface area contributed by atoms with Gasteiger partial charge in [0, 0.05) is 19.2 Å². The quantitative estimate of drug-likeness (QED) is 0.641. The Bertz CT molecular complexity index is 402. The number of anilines is 1. The monoisotopic (exact) mass is 235 g/mol. The summed E-state index contributed by atoms with van der Waals surface area (Å²) in [6.45, 7) is 1.96. The fourth-order valence-corrected chi connectivity index (χ4v) is 2.31. The van der Waals surface area contributed by atoms with Crippen LogP contribution in [-0.2, 0) is 0 Å². The van der Waals surface area contributed by atoms with E-state index >= 15 is 0 Å². The third-order valence-corrected chi connectivity index (χ3v) is 3.31. The zero-order chi connectivity index (χ0) is 12.3. The van der Waals surface area contributed by atoms with Gasteiger partial charge in [-0.25, -0.2) is 0 Å². The lowest BCUT2D eigenvalue weighted by Gasteiger charge is -2.32. The van der Waals surface area contributed by atoms with Crippen molar-refractivity contribution in [3.63, 3.8) is 0 Å². The molecule has 92 valence electrons. The summed E-state index contributed by atoms with van der Waals surface area (Å²) >= 11 is 0. The lowest BCUT2D eigenvalue weighted by atomic mass is 10.0. The SMILES string of the molecule is CN(c1ccccc1[N+](=O)[O-])C1CCNCC1. The first-order valence-electron chi connectivity index (χ1n) is 5.87. The normalized spacial score (nSPS) is 16.8. The van der Waals surface area contributed by atoms with E-state index in [4.69, 9.17) is 0 Å². The van der Waals surface area contributed by atoms with Crippen LogP contribution in [0.25, 0.3) is 0 Å². The van der Waals surface area contributed by atoms with Crippen LogP contribution >= 0.6 is 0 Å². The zero-order valence-corrected chi connectivity index (χ0v) is 9.93. The molecule has 1 aliphatic rings. The van der Waals surface area contributed by atoms with Crippen LogP contribution in [-0.4, -0.2) is 31.1 Å². The van der Waals surface area contributed by atoms with Gasteiger partial charge in [-0.2, -0.15) is 0 Å². The van der Waals surface area contributed by atoms with E-state index in [9.17, 15) is 10.1 Å². The van der Waals surface area contributed by atoms with Crippen LogP contribution in [0.15, 0.2) is 24.3 Å². The second-order valence-electron chi connectivity index (χ2n) is 4.34. The average Bonchev–Trinajstić information content (AvgIpc) is 2.39. The van der Waals surface area contributed by atoms with E-state index in [1.54, 1.807) is 12.1 Å². The molecule has 1 heterocycles. The van der Waals surface area contributed by atoms with Crippen LogP contribution in [0.2, 0.25) is 0 Å². The van der Waals surface area contributed by atoms with Gasteiger partial charge in [0.25, 0.3) is 5.69 Å². The maximum Gasteiger partial charge on any atom is 0.292 e. The summed E-state index contributed by atoms with van der Waals surface area (Å²) in [6.07, 6.45) is 2.06. The molecule has 0 saturated carbocycles. The smallest absolute Gasteiger partial charge is 0.292 e. The van der Waals surface area contributed by atoms with Crippen molar-refractivity contribution < 1.29 is 4.92 Å². The molecule has 1 saturated heterocycles. The minimum Gasteiger partial charge on any atom is -0.366 e. The van der Waals surface area contributed by atoms with E-state index in [0.29, 0.717) is 11.7 Å². The van der Waals surface area contributed by atoms with E-state index in [0.717, 1.165) is 25.9 Å². The average molecular weight is 235 g/mol. The van der Waals surface area contributed by atoms with Gasteiger partial charge in [0.05, 0.1) is 4.92 Å². The summed E-state index contributed by atoms with van der Waals surface area (Å²) in [5.74, 6) is 0. The molecule has 1 aliphatic heterocycles. The highest BCUT2D eigenvalue weighted by atomic mass is 16.6. The van der Waals surface area contributed by atoms with E-state index in [1.807, 2.05) is 24.1 Å². The summed E-state index contributed by atoms with van der Waals surface area (Å²) in [5, 5.41) is 14.3. The molecule has 1 fully saturated rings. The maximum absolute atomic E-state index is 11.0. The van der Waals surface area contributed by atoms with E-state index in [1.165, 1.54) is 0 Å². The number of nitro benzene ring substituents is 1. The van der Waals surface area contributed by atoms with E-state index in [-0.39, 0.29) is 10.6 Å². The molecule has 0 radical (unpaired) electrons. The lowest BCUT2D eigenvalue weighted by Crippen LogP contribution is -2.41. The molecule has 1 aromatic carbocycles. The highest BCUT2D eigenvalue weighted by molar-refractivity contribution is 5.63. The second kappa shape index (κ2) is 5.14. The Kier molecular flexibility index (Phi) is 3.58. The Morgan fingerprint density at radius 3 is 2.65 bits per heavy atom. The number of nitro groups is 1. The number of hydrogen-bond acceptors (Lipinski definition) is 4. The van der Waals surface area contributed by atoms with Crippen LogP contribution in [0.1, 0.15) is 12.8 Å². The van der Waals surface area contributed by atoms with E-state index < -0.39 is 0 Å². The van der Waals surface area contributed by atoms with Crippen molar-refractivity contribution in [2.75, 3.05) is 25.0 Å². The molecular weight excluding hydrogens is 218 g/mol. The number of piperidine rings is 1. The predicted molar refractivity (Wildman–Crippen MR) is 67.4 cm³/mol. The first-order valence-corrected chi connectivity index (χ1v) is 5.87. The molecule has 5 heteroatoms. The van der Waals surface area contributed by atoms with E-state index in [2.05, 4.69) is 5.32 Å². The number of benzene rings is 1. The number of para-hydroxylation sites is 2. The molecule has 0 amide bonds. The zero-order valence-electron chi connectivity index (χ0n) is 9.93. The van der Waals surface area contributed by atoms with Gasteiger partial charge in [0.15, 0.2) is 0 Å². The first-order chi connectivity index (χ1) is 8.20. The predicted octanol–water partition coefficient (Wildman–Crippen LogP) is 1.78. The first kappa shape index (κ1) is 11.9. The van der Waals surface area contributed by atoms with Crippen molar-refractivity contribution in [2.24, 2.45) is 0 Å². The van der Waals surface area contributed by atoms with Crippen molar-refractivity contribution in [2.45, 2.75) is 18.9 Å². The molecule has 0 aromatic heterocycles. The molecule has 5 nitrogen and oxygen atoms in total. The van der Waals surface area contributed by atoms with Gasteiger partial charge in [-0.3, -0.25) is 10.1 Å². The van der Waals surface area contributed by atoms with Crippen LogP contribution in [0.3, 0.4) is 0 Å². The Labute approximate surface area is 101 Å². The third kappa shape index (κ3) is 2.55. The van der Waals surface area contributed by atoms with Gasteiger partial charge < -0.3 is 10.2 Å². The minimum absolute atomic E-state index is 0.188. The molecule has 0 bridgehead atoms. The fraction of sp³-hybridized carbons (Fsp3) is 0.500. The second-order valence-corrected chi connectivity index (χ2v) is 4.34. The fourth-order valence-electron chi connectivity index (χ4n) is 2.31. The molecule has 1 N–H and O–H groups in total. The maximum atomic E-state index is 11.0. The van der Waals surface area contributed by atoms with Gasteiger partial charge in [0.1, 0.15) is 5.69 Å². The van der Waals surface area contributed by atoms with Gasteiger partial charge >= 0.3 is 0 Å². The number of nitrogens with zero attached hydrogens (tertiary/aromatic N) is 2. The summed E-state index contributed by atoms with van der Waals surface area (Å²) in [7, 11) is 1.94. The van der Waals surface area contributed by atoms with Crippen molar-refractivity contribution in [3.8, 4) is 0 Å². The largest absolute Gasteiger partial charge is 0.366 e. The number of rotatable bonds is 3. The highest BCUT2D eigenvalue weighted by Gasteiger charge is 2.23. The van der Waals surface area contributed by atoms with Crippen LogP contribution in [0, 0.1) is 10.1 Å². The number of hydrogen-bond donors (Lipinski definition) is 1. The Balaban J connectivity index is 2.23. The molecule has 0 unspecified atom stereocenters. The molecule has 0 aliphatic carbocycles. The van der Waals surface area contributed by atoms with Crippen molar-refractivity contribution in [3.05, 3.63) is 34.4 Å². The highest BCUT2D eigenvalue weighted by Crippen LogP contribution is 2.29. The lowest BCUT2D eigenvalue weighted by molar-refractivity contribution is -0.384. The molecule has 0 spiro atoms. The summed E-state index contributed by atoms with van der Waals surface area (Å²) in [6, 6.07) is 7.32. The Hall–Kier alpha value is -1.62. The van der Waals surface area contributed by atoms with Gasteiger partial charge in [0.2, 0.25) is 0 Å². The molecular formula is C12H17N3O2. The van der Waals surface area contributed by atoms with Crippen LogP contribution in [0.5, 0.6) is 0 Å². The van der Waals surface area contributed by atoms with Gasteiger partial charge in [-0.05, 0) is 32.0 Å². The van der Waals surface area contributed by atoms with Crippen molar-refractivity contribution >= 4 is 11.4 Å². The summed E-state index contributed by atoms with van der Waals surface area (Å²) in [4.78, 5) is 12.7. The minimum atomic E-state index is -0.313. The van der Waals surface area contributed by atoms with Crippen molar-refractivity contribution in [1.82, 2.24) is 5.32 Å². The number of nitrogens with one attached hydrogen (secondary N) is 1. The van der Waals surface area contributed by atoms with Crippen LogP contribution in [0.4, 0.5) is 11.4 Å². The molecule has 17 heavy (non-hydrogen) atoms. The standard InChI is InChI=1S/C12H17N3O2/c1-14(10-6-8-13-9-7-10)11-4-2-3-5-12(11)15(16)17/h2-5,10,13H,6-9H2,1H3.